The van der Waals surface area contributed by atoms with Gasteiger partial charge in [0.15, 0.2) is 0 Å². The SMILES string of the molecule is O=C(CC1OC(CO)C(O)CC1O)Nc1cccc(NC(=O)CC2OC(CO)CC(O)C2O)c1. The molecule has 0 bridgehead atoms. The van der Waals surface area contributed by atoms with Gasteiger partial charge in [-0.1, -0.05) is 6.07 Å². The molecular weight excluding hydrogens is 452 g/mol. The van der Waals surface area contributed by atoms with Crippen LogP contribution in [-0.2, 0) is 19.1 Å². The summed E-state index contributed by atoms with van der Waals surface area (Å²) >= 11 is 0. The standard InChI is InChI=1S/C22H32N2O10/c25-9-13-5-16(29)22(32)18(33-13)8-21(31)24-12-3-1-2-11(4-12)23-20(30)7-17-14(27)6-15(28)19(10-26)34-17/h1-4,13-19,22,25-29,32H,5-10H2,(H,23,30)(H,24,31). The summed E-state index contributed by atoms with van der Waals surface area (Å²) < 4.78 is 10.9. The van der Waals surface area contributed by atoms with Crippen LogP contribution in [0.5, 0.6) is 0 Å². The minimum Gasteiger partial charge on any atom is -0.394 e. The number of nitrogens with one attached hydrogen (secondary N) is 2. The maximum absolute atomic E-state index is 12.4. The topological polar surface area (TPSA) is 198 Å². The number of aliphatic hydroxyl groups is 6. The van der Waals surface area contributed by atoms with Gasteiger partial charge in [0.25, 0.3) is 0 Å². The summed E-state index contributed by atoms with van der Waals surface area (Å²) in [7, 11) is 0. The molecule has 0 aliphatic carbocycles. The molecule has 190 valence electrons. The second kappa shape index (κ2) is 12.0. The number of hydrogen-bond donors (Lipinski definition) is 8. The molecule has 8 unspecified atom stereocenters. The van der Waals surface area contributed by atoms with Gasteiger partial charge in [0, 0.05) is 24.2 Å². The number of hydrogen-bond acceptors (Lipinski definition) is 10. The molecule has 2 fully saturated rings. The van der Waals surface area contributed by atoms with E-state index < -0.39 is 67.3 Å². The van der Waals surface area contributed by atoms with Gasteiger partial charge in [-0.15, -0.1) is 0 Å². The van der Waals surface area contributed by atoms with Gasteiger partial charge in [-0.3, -0.25) is 9.59 Å². The van der Waals surface area contributed by atoms with E-state index >= 15 is 0 Å². The molecule has 34 heavy (non-hydrogen) atoms. The van der Waals surface area contributed by atoms with E-state index in [2.05, 4.69) is 10.6 Å². The average molecular weight is 485 g/mol. The van der Waals surface area contributed by atoms with E-state index in [0.29, 0.717) is 11.4 Å². The molecule has 0 aromatic heterocycles. The van der Waals surface area contributed by atoms with Crippen molar-refractivity contribution >= 4 is 23.2 Å². The van der Waals surface area contributed by atoms with Gasteiger partial charge in [0.05, 0.1) is 62.7 Å². The van der Waals surface area contributed by atoms with Crippen molar-refractivity contribution in [2.45, 2.75) is 74.5 Å². The molecule has 1 aromatic carbocycles. The number of ether oxygens (including phenoxy) is 2. The highest BCUT2D eigenvalue weighted by molar-refractivity contribution is 5.94. The van der Waals surface area contributed by atoms with Crippen LogP contribution in [0.2, 0.25) is 0 Å². The van der Waals surface area contributed by atoms with Crippen LogP contribution in [0.1, 0.15) is 25.7 Å². The maximum atomic E-state index is 12.4. The van der Waals surface area contributed by atoms with Gasteiger partial charge in [0.1, 0.15) is 12.2 Å². The Balaban J connectivity index is 1.53. The quantitative estimate of drug-likeness (QED) is 0.206. The summed E-state index contributed by atoms with van der Waals surface area (Å²) in [5.74, 6) is -0.964. The summed E-state index contributed by atoms with van der Waals surface area (Å²) in [6.07, 6.45) is -8.25. The highest BCUT2D eigenvalue weighted by Gasteiger charge is 2.38. The Morgan fingerprint density at radius 3 is 1.97 bits per heavy atom. The van der Waals surface area contributed by atoms with Crippen LogP contribution >= 0.6 is 0 Å². The highest BCUT2D eigenvalue weighted by Crippen LogP contribution is 2.25. The van der Waals surface area contributed by atoms with E-state index in [1.807, 2.05) is 0 Å². The summed E-state index contributed by atoms with van der Waals surface area (Å²) in [6, 6.07) is 6.31. The zero-order valence-electron chi connectivity index (χ0n) is 18.5. The maximum Gasteiger partial charge on any atom is 0.227 e. The molecule has 12 heteroatoms. The highest BCUT2D eigenvalue weighted by atomic mass is 16.5. The number of carbonyl (C=O) groups is 2. The van der Waals surface area contributed by atoms with E-state index in [1.165, 1.54) is 6.07 Å². The predicted molar refractivity (Wildman–Crippen MR) is 118 cm³/mol. The molecule has 0 saturated carbocycles. The van der Waals surface area contributed by atoms with Crippen molar-refractivity contribution in [1.29, 1.82) is 0 Å². The lowest BCUT2D eigenvalue weighted by molar-refractivity contribution is -0.181. The molecule has 0 radical (unpaired) electrons. The number of anilines is 2. The first-order valence-electron chi connectivity index (χ1n) is 11.1. The minimum absolute atomic E-state index is 0.0137. The van der Waals surface area contributed by atoms with Crippen molar-refractivity contribution in [2.24, 2.45) is 0 Å². The number of amides is 2. The van der Waals surface area contributed by atoms with Crippen LogP contribution in [-0.4, -0.2) is 104 Å². The second-order valence-electron chi connectivity index (χ2n) is 8.62. The Hall–Kier alpha value is -2.16. The number of carbonyl (C=O) groups excluding carboxylic acids is 2. The van der Waals surface area contributed by atoms with Gasteiger partial charge < -0.3 is 50.7 Å². The van der Waals surface area contributed by atoms with Gasteiger partial charge in [-0.05, 0) is 18.2 Å². The zero-order valence-corrected chi connectivity index (χ0v) is 18.5. The van der Waals surface area contributed by atoms with Gasteiger partial charge in [-0.2, -0.15) is 0 Å². The van der Waals surface area contributed by atoms with Crippen LogP contribution in [0.15, 0.2) is 24.3 Å². The number of rotatable bonds is 8. The number of benzene rings is 1. The van der Waals surface area contributed by atoms with Gasteiger partial charge in [-0.25, -0.2) is 0 Å². The molecule has 1 aromatic rings. The fourth-order valence-electron chi connectivity index (χ4n) is 4.10. The average Bonchev–Trinajstić information content (AvgIpc) is 2.78. The lowest BCUT2D eigenvalue weighted by atomic mass is 9.96. The first-order valence-corrected chi connectivity index (χ1v) is 11.1. The van der Waals surface area contributed by atoms with Crippen LogP contribution in [0, 0.1) is 0 Å². The van der Waals surface area contributed by atoms with Crippen molar-refractivity contribution in [3.05, 3.63) is 24.3 Å². The van der Waals surface area contributed by atoms with Crippen molar-refractivity contribution in [1.82, 2.24) is 0 Å². The van der Waals surface area contributed by atoms with Crippen molar-refractivity contribution in [2.75, 3.05) is 23.8 Å². The summed E-state index contributed by atoms with van der Waals surface area (Å²) in [5, 5.41) is 63.5. The lowest BCUT2D eigenvalue weighted by Crippen LogP contribution is -2.50. The molecule has 3 rings (SSSR count). The van der Waals surface area contributed by atoms with Crippen LogP contribution < -0.4 is 10.6 Å². The Bertz CT molecular complexity index is 840. The van der Waals surface area contributed by atoms with Crippen LogP contribution in [0.25, 0.3) is 0 Å². The van der Waals surface area contributed by atoms with Crippen LogP contribution in [0.4, 0.5) is 11.4 Å². The molecule has 2 heterocycles. The Morgan fingerprint density at radius 2 is 1.38 bits per heavy atom. The predicted octanol–water partition coefficient (Wildman–Crippen LogP) is -1.91. The van der Waals surface area contributed by atoms with E-state index in [9.17, 15) is 40.2 Å². The lowest BCUT2D eigenvalue weighted by Gasteiger charge is -2.36. The first kappa shape index (κ1) is 26.4. The minimum atomic E-state index is -1.26. The smallest absolute Gasteiger partial charge is 0.227 e. The Labute approximate surface area is 196 Å². The fraction of sp³-hybridized carbons (Fsp3) is 0.636. The zero-order chi connectivity index (χ0) is 24.8. The number of aliphatic hydroxyl groups excluding tert-OH is 6. The molecular formula is C22H32N2O10. The molecule has 2 aliphatic heterocycles. The molecule has 2 aliphatic rings. The molecule has 2 amide bonds. The second-order valence-corrected chi connectivity index (χ2v) is 8.62. The first-order chi connectivity index (χ1) is 16.2. The molecule has 8 N–H and O–H groups in total. The van der Waals surface area contributed by atoms with Crippen LogP contribution in [0.3, 0.4) is 0 Å². The van der Waals surface area contributed by atoms with Gasteiger partial charge >= 0.3 is 0 Å². The third kappa shape index (κ3) is 6.93. The van der Waals surface area contributed by atoms with E-state index in [4.69, 9.17) is 9.47 Å². The van der Waals surface area contributed by atoms with Gasteiger partial charge in [0.2, 0.25) is 11.8 Å². The summed E-state index contributed by atoms with van der Waals surface area (Å²) in [6.45, 7) is -0.774. The Morgan fingerprint density at radius 1 is 0.794 bits per heavy atom. The van der Waals surface area contributed by atoms with Crippen molar-refractivity contribution < 1.29 is 49.7 Å². The van der Waals surface area contributed by atoms with E-state index in [0.717, 1.165) is 0 Å². The normalized spacial score (nSPS) is 33.8. The molecule has 12 nitrogen and oxygen atoms in total. The van der Waals surface area contributed by atoms with Crippen molar-refractivity contribution in [3.8, 4) is 0 Å². The van der Waals surface area contributed by atoms with Crippen molar-refractivity contribution in [3.63, 3.8) is 0 Å². The fourth-order valence-corrected chi connectivity index (χ4v) is 4.10. The summed E-state index contributed by atoms with van der Waals surface area (Å²) in [4.78, 5) is 24.8. The molecule has 0 spiro atoms. The largest absolute Gasteiger partial charge is 0.394 e. The molecule has 8 atom stereocenters. The third-order valence-corrected chi connectivity index (χ3v) is 5.92. The third-order valence-electron chi connectivity index (χ3n) is 5.92. The molecule has 2 saturated heterocycles. The van der Waals surface area contributed by atoms with E-state index in [1.54, 1.807) is 18.2 Å². The van der Waals surface area contributed by atoms with E-state index in [-0.39, 0.29) is 32.3 Å². The monoisotopic (exact) mass is 484 g/mol. The Kier molecular flexibility index (Phi) is 9.33. The summed E-state index contributed by atoms with van der Waals surface area (Å²) in [5.41, 5.74) is 0.737.